The second-order valence-corrected chi connectivity index (χ2v) is 6.29. The van der Waals surface area contributed by atoms with E-state index in [-0.39, 0.29) is 12.4 Å². The Bertz CT molecular complexity index is 875. The number of nitrogens with one attached hydrogen (secondary N) is 2. The van der Waals surface area contributed by atoms with Crippen LogP contribution in [0.4, 0.5) is 15.9 Å². The smallest absolute Gasteiger partial charge is 0.176 e. The fourth-order valence-corrected chi connectivity index (χ4v) is 2.81. The summed E-state index contributed by atoms with van der Waals surface area (Å²) in [6, 6.07) is 16.1. The van der Waals surface area contributed by atoms with Crippen molar-refractivity contribution in [2.24, 2.45) is 0 Å². The van der Waals surface area contributed by atoms with E-state index in [1.54, 1.807) is 16.8 Å². The van der Waals surface area contributed by atoms with Crippen LogP contribution in [-0.4, -0.2) is 14.9 Å². The van der Waals surface area contributed by atoms with E-state index < -0.39 is 0 Å². The average molecular weight is 375 g/mol. The average Bonchev–Trinajstić information content (AvgIpc) is 2.91. The van der Waals surface area contributed by atoms with E-state index in [9.17, 15) is 4.39 Å². The highest BCUT2D eigenvalue weighted by Crippen LogP contribution is 2.21. The highest BCUT2D eigenvalue weighted by atomic mass is 35.5. The zero-order valence-electron chi connectivity index (χ0n) is 13.5. The Morgan fingerprint density at radius 1 is 1.16 bits per heavy atom. The molecule has 2 N–H and O–H groups in total. The summed E-state index contributed by atoms with van der Waals surface area (Å²) in [6.45, 7) is 2.14. The number of hydrogen-bond acceptors (Lipinski definition) is 2. The van der Waals surface area contributed by atoms with Crippen molar-refractivity contribution in [2.45, 2.75) is 13.5 Å². The van der Waals surface area contributed by atoms with Crippen molar-refractivity contribution in [1.29, 1.82) is 0 Å². The van der Waals surface area contributed by atoms with Gasteiger partial charge in [0.25, 0.3) is 0 Å². The monoisotopic (exact) mass is 374 g/mol. The molecule has 128 valence electrons. The van der Waals surface area contributed by atoms with Crippen molar-refractivity contribution >= 4 is 40.4 Å². The summed E-state index contributed by atoms with van der Waals surface area (Å²) in [5, 5.41) is 11.3. The summed E-state index contributed by atoms with van der Waals surface area (Å²) >= 11 is 11.4. The summed E-state index contributed by atoms with van der Waals surface area (Å²) in [6.07, 6.45) is 0. The first-order valence-corrected chi connectivity index (χ1v) is 8.42. The molecule has 1 heterocycles. The first-order chi connectivity index (χ1) is 12.0. The quantitative estimate of drug-likeness (QED) is 0.641. The first-order valence-electron chi connectivity index (χ1n) is 7.63. The molecular formula is C18H16ClFN4S. The second-order valence-electron chi connectivity index (χ2n) is 5.47. The summed E-state index contributed by atoms with van der Waals surface area (Å²) in [4.78, 5) is 0. The summed E-state index contributed by atoms with van der Waals surface area (Å²) in [7, 11) is 0. The van der Waals surface area contributed by atoms with Crippen LogP contribution in [0, 0.1) is 12.7 Å². The zero-order chi connectivity index (χ0) is 17.8. The molecule has 0 radical (unpaired) electrons. The SMILES string of the molecule is Cc1cc(NC(=S)Nc2ccccc2)nn1Cc1c(F)cccc1Cl. The molecule has 0 unspecified atom stereocenters. The number of benzene rings is 2. The van der Waals surface area contributed by atoms with Gasteiger partial charge < -0.3 is 10.6 Å². The molecule has 3 aromatic rings. The number of thiocarbonyl (C=S) groups is 1. The zero-order valence-corrected chi connectivity index (χ0v) is 15.0. The number of aromatic nitrogens is 2. The maximum Gasteiger partial charge on any atom is 0.176 e. The molecule has 25 heavy (non-hydrogen) atoms. The Kier molecular flexibility index (Phi) is 5.31. The Hall–Kier alpha value is -2.44. The standard InChI is InChI=1S/C18H16ClFN4S/c1-12-10-17(22-18(25)21-13-6-3-2-4-7-13)23-24(12)11-14-15(19)8-5-9-16(14)20/h2-10H,11H2,1H3,(H2,21,22,23,25). The van der Waals surface area contributed by atoms with Crippen LogP contribution >= 0.6 is 23.8 Å². The molecule has 0 atom stereocenters. The van der Waals surface area contributed by atoms with Crippen LogP contribution in [0.25, 0.3) is 0 Å². The van der Waals surface area contributed by atoms with Gasteiger partial charge in [0.05, 0.1) is 6.54 Å². The molecule has 0 amide bonds. The molecule has 4 nitrogen and oxygen atoms in total. The van der Waals surface area contributed by atoms with Crippen molar-refractivity contribution < 1.29 is 4.39 Å². The van der Waals surface area contributed by atoms with Crippen LogP contribution in [0.2, 0.25) is 5.02 Å². The predicted octanol–water partition coefficient (Wildman–Crippen LogP) is 4.84. The Morgan fingerprint density at radius 2 is 1.92 bits per heavy atom. The summed E-state index contributed by atoms with van der Waals surface area (Å²) in [5.74, 6) is 0.233. The first kappa shape index (κ1) is 17.4. The predicted molar refractivity (Wildman–Crippen MR) is 104 cm³/mol. The van der Waals surface area contributed by atoms with E-state index >= 15 is 0 Å². The Morgan fingerprint density at radius 3 is 2.64 bits per heavy atom. The number of para-hydroxylation sites is 1. The van der Waals surface area contributed by atoms with Crippen molar-refractivity contribution in [3.05, 3.63) is 76.7 Å². The Balaban J connectivity index is 1.71. The van der Waals surface area contributed by atoms with Crippen molar-refractivity contribution in [3.63, 3.8) is 0 Å². The van der Waals surface area contributed by atoms with E-state index in [1.807, 2.05) is 43.3 Å². The number of hydrogen-bond donors (Lipinski definition) is 2. The lowest BCUT2D eigenvalue weighted by Gasteiger charge is -2.09. The Labute approximate surface area is 155 Å². The lowest BCUT2D eigenvalue weighted by atomic mass is 10.2. The van der Waals surface area contributed by atoms with E-state index in [1.165, 1.54) is 6.07 Å². The molecular weight excluding hydrogens is 359 g/mol. The van der Waals surface area contributed by atoms with Crippen molar-refractivity contribution in [3.8, 4) is 0 Å². The van der Waals surface area contributed by atoms with Crippen LogP contribution in [0.15, 0.2) is 54.6 Å². The van der Waals surface area contributed by atoms with Gasteiger partial charge in [0.1, 0.15) is 5.82 Å². The highest BCUT2D eigenvalue weighted by molar-refractivity contribution is 7.80. The van der Waals surface area contributed by atoms with Crippen LogP contribution in [-0.2, 0) is 6.54 Å². The van der Waals surface area contributed by atoms with Gasteiger partial charge >= 0.3 is 0 Å². The van der Waals surface area contributed by atoms with Gasteiger partial charge in [-0.1, -0.05) is 35.9 Å². The third kappa shape index (κ3) is 4.35. The number of halogens is 2. The third-order valence-electron chi connectivity index (χ3n) is 3.62. The molecule has 2 aromatic carbocycles. The van der Waals surface area contributed by atoms with Gasteiger partial charge in [0.15, 0.2) is 10.9 Å². The third-order valence-corrected chi connectivity index (χ3v) is 4.18. The van der Waals surface area contributed by atoms with Gasteiger partial charge in [-0.05, 0) is 43.4 Å². The minimum absolute atomic E-state index is 0.248. The normalized spacial score (nSPS) is 10.5. The number of anilines is 2. The lowest BCUT2D eigenvalue weighted by molar-refractivity contribution is 0.581. The van der Waals surface area contributed by atoms with E-state index in [4.69, 9.17) is 23.8 Å². The van der Waals surface area contributed by atoms with Gasteiger partial charge in [-0.25, -0.2) is 4.39 Å². The minimum Gasteiger partial charge on any atom is -0.332 e. The number of rotatable bonds is 4. The van der Waals surface area contributed by atoms with Gasteiger partial charge in [-0.3, -0.25) is 4.68 Å². The van der Waals surface area contributed by atoms with Crippen LogP contribution in [0.1, 0.15) is 11.3 Å². The lowest BCUT2D eigenvalue weighted by Crippen LogP contribution is -2.19. The van der Waals surface area contributed by atoms with Crippen LogP contribution in [0.3, 0.4) is 0 Å². The molecule has 3 rings (SSSR count). The van der Waals surface area contributed by atoms with E-state index in [2.05, 4.69) is 15.7 Å². The van der Waals surface area contributed by atoms with E-state index in [0.29, 0.717) is 21.5 Å². The molecule has 0 saturated carbocycles. The molecule has 0 aliphatic carbocycles. The maximum absolute atomic E-state index is 14.0. The highest BCUT2D eigenvalue weighted by Gasteiger charge is 2.11. The largest absolute Gasteiger partial charge is 0.332 e. The minimum atomic E-state index is -0.349. The fourth-order valence-electron chi connectivity index (χ4n) is 2.36. The topological polar surface area (TPSA) is 41.9 Å². The molecule has 0 aliphatic heterocycles. The summed E-state index contributed by atoms with van der Waals surface area (Å²) < 4.78 is 15.6. The maximum atomic E-state index is 14.0. The molecule has 0 saturated heterocycles. The van der Waals surface area contributed by atoms with Gasteiger partial charge in [-0.2, -0.15) is 5.10 Å². The molecule has 0 aliphatic rings. The van der Waals surface area contributed by atoms with Crippen LogP contribution in [0.5, 0.6) is 0 Å². The van der Waals surface area contributed by atoms with Crippen molar-refractivity contribution in [2.75, 3.05) is 10.6 Å². The fraction of sp³-hybridized carbons (Fsp3) is 0.111. The molecule has 0 fully saturated rings. The summed E-state index contributed by atoms with van der Waals surface area (Å²) in [5.41, 5.74) is 2.16. The molecule has 7 heteroatoms. The van der Waals surface area contributed by atoms with Gasteiger partial charge in [0, 0.05) is 28.0 Å². The van der Waals surface area contributed by atoms with Crippen molar-refractivity contribution in [1.82, 2.24) is 9.78 Å². The molecule has 0 spiro atoms. The van der Waals surface area contributed by atoms with Crippen LogP contribution < -0.4 is 10.6 Å². The number of nitrogens with zero attached hydrogens (tertiary/aromatic N) is 2. The van der Waals surface area contributed by atoms with E-state index in [0.717, 1.165) is 11.4 Å². The molecule has 0 bridgehead atoms. The number of aryl methyl sites for hydroxylation is 1. The van der Waals surface area contributed by atoms with Gasteiger partial charge in [-0.15, -0.1) is 0 Å². The molecule has 1 aromatic heterocycles. The van der Waals surface area contributed by atoms with Gasteiger partial charge in [0.2, 0.25) is 0 Å². The second kappa shape index (κ2) is 7.63.